The van der Waals surface area contributed by atoms with Crippen molar-refractivity contribution in [1.82, 2.24) is 0 Å². The number of benzene rings is 3. The molecule has 0 aromatic heterocycles. The van der Waals surface area contributed by atoms with Crippen molar-refractivity contribution in [2.75, 3.05) is 16.2 Å². The molecule has 0 fully saturated rings. The highest BCUT2D eigenvalue weighted by Crippen LogP contribution is 2.26. The lowest BCUT2D eigenvalue weighted by molar-refractivity contribution is -0.114. The fraction of sp³-hybridized carbons (Fsp3) is 0.208. The van der Waals surface area contributed by atoms with Crippen LogP contribution in [0.25, 0.3) is 0 Å². The summed E-state index contributed by atoms with van der Waals surface area (Å²) in [7, 11) is -3.96. The van der Waals surface area contributed by atoms with Crippen LogP contribution in [0.5, 0.6) is 0 Å². The molecule has 7 heteroatoms. The molecule has 5 nitrogen and oxygen atoms in total. The number of nitrogens with one attached hydrogen (secondary N) is 1. The van der Waals surface area contributed by atoms with Crippen molar-refractivity contribution in [1.29, 1.82) is 0 Å². The topological polar surface area (TPSA) is 66.5 Å². The lowest BCUT2D eigenvalue weighted by Crippen LogP contribution is -2.38. The fourth-order valence-corrected chi connectivity index (χ4v) is 4.75. The van der Waals surface area contributed by atoms with Gasteiger partial charge in [0, 0.05) is 10.7 Å². The highest BCUT2D eigenvalue weighted by Gasteiger charge is 2.27. The van der Waals surface area contributed by atoms with Crippen LogP contribution in [0.3, 0.4) is 0 Å². The van der Waals surface area contributed by atoms with Crippen LogP contribution in [0.1, 0.15) is 25.3 Å². The maximum absolute atomic E-state index is 13.3. The fourth-order valence-electron chi connectivity index (χ4n) is 3.13. The number of amides is 1. The van der Waals surface area contributed by atoms with E-state index >= 15 is 0 Å². The van der Waals surface area contributed by atoms with Crippen LogP contribution < -0.4 is 9.62 Å². The maximum Gasteiger partial charge on any atom is 0.264 e. The van der Waals surface area contributed by atoms with Crippen LogP contribution in [0.4, 0.5) is 11.4 Å². The maximum atomic E-state index is 13.3. The molecular formula is C24H25ClN2O3S. The minimum absolute atomic E-state index is 0.100. The number of aryl methyl sites for hydroxylation is 1. The van der Waals surface area contributed by atoms with E-state index in [1.54, 1.807) is 36.4 Å². The summed E-state index contributed by atoms with van der Waals surface area (Å²) in [6.07, 6.45) is 3.22. The van der Waals surface area contributed by atoms with Crippen molar-refractivity contribution < 1.29 is 13.2 Å². The van der Waals surface area contributed by atoms with Crippen LogP contribution in [0.2, 0.25) is 5.02 Å². The number of halogens is 1. The molecule has 0 saturated carbocycles. The Morgan fingerprint density at radius 1 is 0.968 bits per heavy atom. The van der Waals surface area contributed by atoms with Gasteiger partial charge in [-0.1, -0.05) is 61.3 Å². The van der Waals surface area contributed by atoms with Crippen LogP contribution in [0, 0.1) is 0 Å². The number of carbonyl (C=O) groups is 1. The summed E-state index contributed by atoms with van der Waals surface area (Å²) in [4.78, 5) is 12.9. The Bertz CT molecular complexity index is 1120. The van der Waals surface area contributed by atoms with Crippen molar-refractivity contribution in [2.24, 2.45) is 0 Å². The summed E-state index contributed by atoms with van der Waals surface area (Å²) in [5.41, 5.74) is 2.14. The van der Waals surface area contributed by atoms with E-state index in [1.165, 1.54) is 23.8 Å². The molecule has 1 amide bonds. The Kier molecular flexibility index (Phi) is 7.71. The summed E-state index contributed by atoms with van der Waals surface area (Å²) >= 11 is 6.08. The average molecular weight is 457 g/mol. The van der Waals surface area contributed by atoms with E-state index in [0.29, 0.717) is 16.4 Å². The van der Waals surface area contributed by atoms with Gasteiger partial charge < -0.3 is 5.32 Å². The second-order valence-electron chi connectivity index (χ2n) is 7.15. The molecule has 0 aliphatic heterocycles. The van der Waals surface area contributed by atoms with Crippen molar-refractivity contribution in [2.45, 2.75) is 31.1 Å². The number of anilines is 2. The molecule has 0 atom stereocenters. The molecule has 0 unspecified atom stereocenters. The Hall–Kier alpha value is -2.83. The number of nitrogens with zero attached hydrogens (tertiary/aromatic N) is 1. The summed E-state index contributed by atoms with van der Waals surface area (Å²) in [6.45, 7) is 1.76. The number of carbonyl (C=O) groups excluding carboxylic acids is 1. The first-order valence-electron chi connectivity index (χ1n) is 10.1. The second-order valence-corrected chi connectivity index (χ2v) is 9.45. The highest BCUT2D eigenvalue weighted by molar-refractivity contribution is 7.92. The van der Waals surface area contributed by atoms with Crippen LogP contribution in [-0.2, 0) is 21.2 Å². The number of hydrogen-bond donors (Lipinski definition) is 1. The van der Waals surface area contributed by atoms with Gasteiger partial charge in [-0.25, -0.2) is 8.42 Å². The van der Waals surface area contributed by atoms with Crippen LogP contribution in [0.15, 0.2) is 83.8 Å². The molecule has 162 valence electrons. The normalized spacial score (nSPS) is 11.2. The number of unbranched alkanes of at least 4 members (excludes halogenated alkanes) is 1. The molecule has 0 spiro atoms. The van der Waals surface area contributed by atoms with Crippen molar-refractivity contribution in [3.63, 3.8) is 0 Å². The third-order valence-corrected chi connectivity index (χ3v) is 6.79. The molecule has 0 bridgehead atoms. The average Bonchev–Trinajstić information content (AvgIpc) is 2.77. The van der Waals surface area contributed by atoms with Gasteiger partial charge in [-0.3, -0.25) is 9.10 Å². The van der Waals surface area contributed by atoms with E-state index in [9.17, 15) is 13.2 Å². The first-order chi connectivity index (χ1) is 14.9. The van der Waals surface area contributed by atoms with Gasteiger partial charge in [0.1, 0.15) is 6.54 Å². The van der Waals surface area contributed by atoms with Gasteiger partial charge in [-0.15, -0.1) is 0 Å². The molecule has 3 rings (SSSR count). The minimum Gasteiger partial charge on any atom is -0.325 e. The van der Waals surface area contributed by atoms with Crippen molar-refractivity contribution >= 4 is 38.9 Å². The zero-order valence-electron chi connectivity index (χ0n) is 17.3. The van der Waals surface area contributed by atoms with E-state index in [2.05, 4.69) is 12.2 Å². The van der Waals surface area contributed by atoms with Gasteiger partial charge in [0.05, 0.1) is 10.6 Å². The van der Waals surface area contributed by atoms with E-state index in [1.807, 2.05) is 24.3 Å². The summed E-state index contributed by atoms with van der Waals surface area (Å²) < 4.78 is 27.6. The molecule has 0 saturated heterocycles. The molecular weight excluding hydrogens is 432 g/mol. The zero-order valence-corrected chi connectivity index (χ0v) is 18.9. The van der Waals surface area contributed by atoms with E-state index in [4.69, 9.17) is 11.6 Å². The molecule has 1 N–H and O–H groups in total. The molecule has 31 heavy (non-hydrogen) atoms. The third kappa shape index (κ3) is 6.09. The predicted octanol–water partition coefficient (Wildman–Crippen LogP) is 5.52. The Balaban J connectivity index is 1.82. The monoisotopic (exact) mass is 456 g/mol. The molecule has 0 aliphatic carbocycles. The summed E-state index contributed by atoms with van der Waals surface area (Å²) in [5, 5.41) is 3.17. The number of hydrogen-bond acceptors (Lipinski definition) is 3. The first-order valence-corrected chi connectivity index (χ1v) is 11.9. The summed E-state index contributed by atoms with van der Waals surface area (Å²) in [5.74, 6) is -0.444. The number of sulfonamides is 1. The van der Waals surface area contributed by atoms with Gasteiger partial charge in [-0.05, 0) is 60.9 Å². The predicted molar refractivity (Wildman–Crippen MR) is 126 cm³/mol. The van der Waals surface area contributed by atoms with Gasteiger partial charge in [0.2, 0.25) is 5.91 Å². The van der Waals surface area contributed by atoms with Crippen molar-refractivity contribution in [3.8, 4) is 0 Å². The summed E-state index contributed by atoms with van der Waals surface area (Å²) in [6, 6.07) is 22.1. The zero-order chi connectivity index (χ0) is 22.3. The van der Waals surface area contributed by atoms with E-state index < -0.39 is 15.9 Å². The Morgan fingerprint density at radius 3 is 2.32 bits per heavy atom. The van der Waals surface area contributed by atoms with E-state index in [-0.39, 0.29) is 11.4 Å². The molecule has 0 aliphatic rings. The number of rotatable bonds is 9. The molecule has 3 aromatic rings. The standard InChI is InChI=1S/C24H25ClN2O3S/c1-2-3-8-19-13-15-21(16-14-19)26-24(28)18-27(22-10-7-9-20(25)17-22)31(29,30)23-11-5-4-6-12-23/h4-7,9-17H,2-3,8,18H2,1H3,(H,26,28). The lowest BCUT2D eigenvalue weighted by atomic mass is 10.1. The van der Waals surface area contributed by atoms with Gasteiger partial charge >= 0.3 is 0 Å². The largest absolute Gasteiger partial charge is 0.325 e. The Labute approximate surface area is 188 Å². The second kappa shape index (κ2) is 10.5. The van der Waals surface area contributed by atoms with Crippen molar-refractivity contribution in [3.05, 3.63) is 89.4 Å². The quantitative estimate of drug-likeness (QED) is 0.461. The Morgan fingerprint density at radius 2 is 1.68 bits per heavy atom. The molecule has 0 heterocycles. The first kappa shape index (κ1) is 22.8. The SMILES string of the molecule is CCCCc1ccc(NC(=O)CN(c2cccc(Cl)c2)S(=O)(=O)c2ccccc2)cc1. The molecule has 0 radical (unpaired) electrons. The van der Waals surface area contributed by atoms with Gasteiger partial charge in [0.15, 0.2) is 0 Å². The van der Waals surface area contributed by atoms with Gasteiger partial charge in [0.25, 0.3) is 10.0 Å². The van der Waals surface area contributed by atoms with Crippen LogP contribution in [-0.4, -0.2) is 20.9 Å². The molecule has 3 aromatic carbocycles. The van der Waals surface area contributed by atoms with E-state index in [0.717, 1.165) is 23.6 Å². The highest BCUT2D eigenvalue weighted by atomic mass is 35.5. The third-order valence-electron chi connectivity index (χ3n) is 4.77. The minimum atomic E-state index is -3.96. The van der Waals surface area contributed by atoms with Crippen LogP contribution >= 0.6 is 11.6 Å². The lowest BCUT2D eigenvalue weighted by Gasteiger charge is -2.24. The van der Waals surface area contributed by atoms with Gasteiger partial charge in [-0.2, -0.15) is 0 Å². The smallest absolute Gasteiger partial charge is 0.264 e.